The van der Waals surface area contributed by atoms with E-state index in [1.165, 1.54) is 18.5 Å². The van der Waals surface area contributed by atoms with Gasteiger partial charge in [0.2, 0.25) is 0 Å². The molecule has 0 aromatic carbocycles. The number of amides is 1. The summed E-state index contributed by atoms with van der Waals surface area (Å²) in [4.78, 5) is 19.2. The average Bonchev–Trinajstić information content (AvgIpc) is 2.31. The Bertz CT molecular complexity index is 500. The van der Waals surface area contributed by atoms with E-state index in [1.807, 2.05) is 0 Å². The molecule has 2 aromatic rings. The minimum absolute atomic E-state index is 0.144. The summed E-state index contributed by atoms with van der Waals surface area (Å²) in [7, 11) is 0. The molecule has 0 saturated heterocycles. The average molecular weight is 215 g/mol. The molecule has 1 amide bonds. The smallest absolute Gasteiger partial charge is 0.259 e. The largest absolute Gasteiger partial charge is 0.505 e. The first-order valence-electron chi connectivity index (χ1n) is 4.62. The molecule has 0 bridgehead atoms. The molecular weight excluding hydrogens is 206 g/mol. The summed E-state index contributed by atoms with van der Waals surface area (Å²) in [5.74, 6) is -0.528. The zero-order valence-corrected chi connectivity index (χ0v) is 8.29. The van der Waals surface area contributed by atoms with Crippen LogP contribution < -0.4 is 5.32 Å². The molecule has 0 radical (unpaired) electrons. The molecular formula is C11H9N3O2. The zero-order chi connectivity index (χ0) is 11.4. The number of nitrogens with zero attached hydrogens (tertiary/aromatic N) is 2. The zero-order valence-electron chi connectivity index (χ0n) is 8.29. The lowest BCUT2D eigenvalue weighted by atomic mass is 10.2. The van der Waals surface area contributed by atoms with Crippen LogP contribution in [-0.4, -0.2) is 21.0 Å². The summed E-state index contributed by atoms with van der Waals surface area (Å²) < 4.78 is 0. The maximum Gasteiger partial charge on any atom is 0.259 e. The Hall–Kier alpha value is -2.43. The van der Waals surface area contributed by atoms with Gasteiger partial charge in [0.15, 0.2) is 0 Å². The first-order valence-corrected chi connectivity index (χ1v) is 4.62. The van der Waals surface area contributed by atoms with Gasteiger partial charge in [0.05, 0.1) is 11.8 Å². The standard InChI is InChI=1S/C11H9N3O2/c15-10-7-13-6-3-9(10)11(16)14-8-1-4-12-5-2-8/h1-7,15H,(H,12,14,16). The fourth-order valence-corrected chi connectivity index (χ4v) is 1.21. The molecule has 2 aromatic heterocycles. The van der Waals surface area contributed by atoms with E-state index < -0.39 is 0 Å². The quantitative estimate of drug-likeness (QED) is 0.794. The second-order valence-corrected chi connectivity index (χ2v) is 3.08. The molecule has 80 valence electrons. The van der Waals surface area contributed by atoms with E-state index in [-0.39, 0.29) is 17.2 Å². The number of pyridine rings is 2. The van der Waals surface area contributed by atoms with Gasteiger partial charge in [-0.15, -0.1) is 0 Å². The van der Waals surface area contributed by atoms with E-state index in [2.05, 4.69) is 15.3 Å². The third-order valence-electron chi connectivity index (χ3n) is 1.98. The number of nitrogens with one attached hydrogen (secondary N) is 1. The minimum Gasteiger partial charge on any atom is -0.505 e. The highest BCUT2D eigenvalue weighted by atomic mass is 16.3. The normalized spacial score (nSPS) is 9.75. The van der Waals surface area contributed by atoms with Crippen LogP contribution in [0.2, 0.25) is 0 Å². The molecule has 0 aliphatic heterocycles. The molecule has 2 rings (SSSR count). The second kappa shape index (κ2) is 4.39. The van der Waals surface area contributed by atoms with Crippen molar-refractivity contribution in [1.82, 2.24) is 9.97 Å². The SMILES string of the molecule is O=C(Nc1ccncc1)c1ccncc1O. The molecule has 2 N–H and O–H groups in total. The van der Waals surface area contributed by atoms with Gasteiger partial charge in [-0.1, -0.05) is 0 Å². The first kappa shape index (κ1) is 10.1. The van der Waals surface area contributed by atoms with E-state index in [1.54, 1.807) is 24.5 Å². The Labute approximate surface area is 91.8 Å². The lowest BCUT2D eigenvalue weighted by Crippen LogP contribution is -2.12. The molecule has 2 heterocycles. The predicted octanol–water partition coefficient (Wildman–Crippen LogP) is 1.43. The van der Waals surface area contributed by atoms with Crippen molar-refractivity contribution in [1.29, 1.82) is 0 Å². The van der Waals surface area contributed by atoms with Crippen molar-refractivity contribution in [2.24, 2.45) is 0 Å². The Morgan fingerprint density at radius 1 is 1.12 bits per heavy atom. The number of hydrogen-bond acceptors (Lipinski definition) is 4. The fourth-order valence-electron chi connectivity index (χ4n) is 1.21. The molecule has 5 nitrogen and oxygen atoms in total. The van der Waals surface area contributed by atoms with Crippen LogP contribution in [0.15, 0.2) is 43.0 Å². The van der Waals surface area contributed by atoms with Crippen molar-refractivity contribution in [2.45, 2.75) is 0 Å². The summed E-state index contributed by atoms with van der Waals surface area (Å²) in [5, 5.41) is 12.1. The van der Waals surface area contributed by atoms with E-state index in [0.717, 1.165) is 0 Å². The third kappa shape index (κ3) is 2.14. The molecule has 0 saturated carbocycles. The van der Waals surface area contributed by atoms with Gasteiger partial charge in [-0.25, -0.2) is 0 Å². The van der Waals surface area contributed by atoms with Gasteiger partial charge in [0.25, 0.3) is 5.91 Å². The summed E-state index contributed by atoms with van der Waals surface area (Å²) in [6.07, 6.45) is 5.81. The highest BCUT2D eigenvalue weighted by Crippen LogP contribution is 2.15. The lowest BCUT2D eigenvalue weighted by Gasteiger charge is -2.05. The van der Waals surface area contributed by atoms with Gasteiger partial charge in [0.1, 0.15) is 5.75 Å². The Morgan fingerprint density at radius 2 is 1.81 bits per heavy atom. The Balaban J connectivity index is 2.19. The summed E-state index contributed by atoms with van der Waals surface area (Å²) in [6.45, 7) is 0. The van der Waals surface area contributed by atoms with Crippen LogP contribution in [0, 0.1) is 0 Å². The van der Waals surface area contributed by atoms with Gasteiger partial charge in [-0.05, 0) is 18.2 Å². The molecule has 5 heteroatoms. The number of hydrogen-bond donors (Lipinski definition) is 2. The van der Waals surface area contributed by atoms with Crippen molar-refractivity contribution in [2.75, 3.05) is 5.32 Å². The number of rotatable bonds is 2. The number of carbonyl (C=O) groups excluding carboxylic acids is 1. The second-order valence-electron chi connectivity index (χ2n) is 3.08. The van der Waals surface area contributed by atoms with E-state index in [0.29, 0.717) is 5.69 Å². The highest BCUT2D eigenvalue weighted by molar-refractivity contribution is 6.05. The number of anilines is 1. The van der Waals surface area contributed by atoms with E-state index >= 15 is 0 Å². The molecule has 0 spiro atoms. The number of carbonyl (C=O) groups is 1. The predicted molar refractivity (Wildman–Crippen MR) is 58.1 cm³/mol. The lowest BCUT2D eigenvalue weighted by molar-refractivity contribution is 0.102. The fraction of sp³-hybridized carbons (Fsp3) is 0. The molecule has 0 fully saturated rings. The van der Waals surface area contributed by atoms with E-state index in [4.69, 9.17) is 0 Å². The van der Waals surface area contributed by atoms with Gasteiger partial charge < -0.3 is 10.4 Å². The van der Waals surface area contributed by atoms with Crippen molar-refractivity contribution >= 4 is 11.6 Å². The van der Waals surface area contributed by atoms with Crippen LogP contribution in [0.5, 0.6) is 5.75 Å². The summed E-state index contributed by atoms with van der Waals surface area (Å²) in [5.41, 5.74) is 0.808. The number of aromatic hydroxyl groups is 1. The Kier molecular flexibility index (Phi) is 2.77. The molecule has 0 aliphatic carbocycles. The third-order valence-corrected chi connectivity index (χ3v) is 1.98. The van der Waals surface area contributed by atoms with Gasteiger partial charge >= 0.3 is 0 Å². The molecule has 16 heavy (non-hydrogen) atoms. The summed E-state index contributed by atoms with van der Waals surface area (Å²) >= 11 is 0. The Morgan fingerprint density at radius 3 is 2.50 bits per heavy atom. The molecule has 0 aliphatic rings. The van der Waals surface area contributed by atoms with Crippen molar-refractivity contribution < 1.29 is 9.90 Å². The van der Waals surface area contributed by atoms with Crippen LogP contribution in [0.3, 0.4) is 0 Å². The molecule has 0 unspecified atom stereocenters. The maximum absolute atomic E-state index is 11.7. The first-order chi connectivity index (χ1) is 7.77. The van der Waals surface area contributed by atoms with Crippen LogP contribution in [0.4, 0.5) is 5.69 Å². The highest BCUT2D eigenvalue weighted by Gasteiger charge is 2.10. The maximum atomic E-state index is 11.7. The van der Waals surface area contributed by atoms with Crippen LogP contribution in [-0.2, 0) is 0 Å². The van der Waals surface area contributed by atoms with Crippen molar-refractivity contribution in [3.63, 3.8) is 0 Å². The number of aromatic nitrogens is 2. The van der Waals surface area contributed by atoms with Crippen LogP contribution in [0.25, 0.3) is 0 Å². The molecule has 0 atom stereocenters. The van der Waals surface area contributed by atoms with Gasteiger partial charge in [-0.3, -0.25) is 14.8 Å². The van der Waals surface area contributed by atoms with Gasteiger partial charge in [0, 0.05) is 24.3 Å². The summed E-state index contributed by atoms with van der Waals surface area (Å²) in [6, 6.07) is 4.78. The van der Waals surface area contributed by atoms with E-state index in [9.17, 15) is 9.90 Å². The monoisotopic (exact) mass is 215 g/mol. The topological polar surface area (TPSA) is 75.1 Å². The van der Waals surface area contributed by atoms with Gasteiger partial charge in [-0.2, -0.15) is 0 Å². The van der Waals surface area contributed by atoms with Crippen molar-refractivity contribution in [3.8, 4) is 5.75 Å². The van der Waals surface area contributed by atoms with Crippen LogP contribution in [0.1, 0.15) is 10.4 Å². The van der Waals surface area contributed by atoms with Crippen molar-refractivity contribution in [3.05, 3.63) is 48.5 Å². The van der Waals surface area contributed by atoms with Crippen LogP contribution >= 0.6 is 0 Å². The minimum atomic E-state index is -0.383.